The zero-order valence-electron chi connectivity index (χ0n) is 16.0. The summed E-state index contributed by atoms with van der Waals surface area (Å²) >= 11 is 0. The summed E-state index contributed by atoms with van der Waals surface area (Å²) in [6.45, 7) is 1.71. The van der Waals surface area contributed by atoms with Crippen LogP contribution in [0.25, 0.3) is 11.2 Å². The van der Waals surface area contributed by atoms with Crippen LogP contribution >= 0.6 is 0 Å². The number of nitrogens with one attached hydrogen (secondary N) is 1. The molecule has 10 heteroatoms. The fourth-order valence-corrected chi connectivity index (χ4v) is 3.91. The van der Waals surface area contributed by atoms with Gasteiger partial charge in [-0.2, -0.15) is 4.98 Å². The summed E-state index contributed by atoms with van der Waals surface area (Å²) in [6.07, 6.45) is 4.36. The topological polar surface area (TPSA) is 160 Å². The highest BCUT2D eigenvalue weighted by molar-refractivity contribution is 5.70. The molecule has 3 rings (SSSR count). The van der Waals surface area contributed by atoms with E-state index in [0.717, 1.165) is 32.1 Å². The first-order valence-electron chi connectivity index (χ1n) is 9.82. The minimum atomic E-state index is -1.39. The van der Waals surface area contributed by atoms with E-state index in [1.54, 1.807) is 0 Å². The average Bonchev–Trinajstić information content (AvgIpc) is 3.20. The third-order valence-corrected chi connectivity index (χ3v) is 5.42. The molecule has 1 aliphatic heterocycles. The summed E-state index contributed by atoms with van der Waals surface area (Å²) in [5, 5.41) is 30.7. The highest BCUT2D eigenvalue weighted by Gasteiger charge is 2.55. The lowest BCUT2D eigenvalue weighted by atomic mass is 9.95. The molecule has 0 saturated carbocycles. The normalized spacial score (nSPS) is 27.6. The molecule has 0 spiro atoms. The van der Waals surface area contributed by atoms with Crippen molar-refractivity contribution in [1.82, 2.24) is 19.5 Å². The van der Waals surface area contributed by atoms with E-state index in [2.05, 4.69) is 21.9 Å². The van der Waals surface area contributed by atoms with Crippen molar-refractivity contribution in [3.8, 4) is 0 Å². The standard InChI is InChI=1S/C18H29N5O5/c1-2-3-4-5-6-7-8-18(14(26)13(25)11(9-24)28-18)23-10-20-12-15(23)21-17(19)22-16(12)27/h10-11,13-14,24-26H,2-9H2,1H3,(H3,19,21,22,27)/t11-,13-,14-,18-/m1/s1. The third-order valence-electron chi connectivity index (χ3n) is 5.42. The first-order valence-corrected chi connectivity index (χ1v) is 9.82. The minimum Gasteiger partial charge on any atom is -0.394 e. The lowest BCUT2D eigenvalue weighted by Crippen LogP contribution is -2.45. The molecule has 6 N–H and O–H groups in total. The number of unbranched alkanes of at least 4 members (excludes halogenated alkanes) is 5. The fourth-order valence-electron chi connectivity index (χ4n) is 3.91. The summed E-state index contributed by atoms with van der Waals surface area (Å²) in [4.78, 5) is 22.7. The van der Waals surface area contributed by atoms with Crippen molar-refractivity contribution in [3.63, 3.8) is 0 Å². The number of imidazole rings is 1. The number of H-pyrrole nitrogens is 1. The summed E-state index contributed by atoms with van der Waals surface area (Å²) in [6, 6.07) is 0. The zero-order valence-corrected chi connectivity index (χ0v) is 16.0. The minimum absolute atomic E-state index is 0.0641. The second-order valence-electron chi connectivity index (χ2n) is 7.37. The van der Waals surface area contributed by atoms with Gasteiger partial charge in [-0.05, 0) is 12.8 Å². The van der Waals surface area contributed by atoms with Crippen molar-refractivity contribution in [1.29, 1.82) is 0 Å². The second-order valence-corrected chi connectivity index (χ2v) is 7.37. The number of nitrogens with two attached hydrogens (primary N) is 1. The van der Waals surface area contributed by atoms with Gasteiger partial charge in [-0.25, -0.2) is 4.98 Å². The molecule has 28 heavy (non-hydrogen) atoms. The lowest BCUT2D eigenvalue weighted by Gasteiger charge is -2.34. The number of aliphatic hydroxyl groups excluding tert-OH is 3. The summed E-state index contributed by atoms with van der Waals surface area (Å²) in [7, 11) is 0. The Labute approximate surface area is 162 Å². The van der Waals surface area contributed by atoms with Crippen LogP contribution in [-0.4, -0.2) is 59.8 Å². The second kappa shape index (κ2) is 8.56. The molecule has 0 radical (unpaired) electrons. The average molecular weight is 395 g/mol. The SMILES string of the molecule is CCCCCCCC[C@@]1(n2cnc3c(=O)[nH]c(N)nc32)O[C@H](CO)[C@@H](O)[C@H]1O. The Morgan fingerprint density at radius 3 is 2.68 bits per heavy atom. The maximum absolute atomic E-state index is 12.1. The number of aliphatic hydroxyl groups is 3. The van der Waals surface area contributed by atoms with Gasteiger partial charge in [0.25, 0.3) is 5.56 Å². The number of fused-ring (bicyclic) bond motifs is 1. The summed E-state index contributed by atoms with van der Waals surface area (Å²) in [5.41, 5.74) is 4.02. The quantitative estimate of drug-likeness (QED) is 0.377. The van der Waals surface area contributed by atoms with E-state index in [1.807, 2.05) is 0 Å². The third kappa shape index (κ3) is 3.64. The van der Waals surface area contributed by atoms with E-state index in [0.29, 0.717) is 6.42 Å². The maximum Gasteiger partial charge on any atom is 0.280 e. The van der Waals surface area contributed by atoms with Gasteiger partial charge in [0, 0.05) is 0 Å². The molecule has 10 nitrogen and oxygen atoms in total. The highest BCUT2D eigenvalue weighted by Crippen LogP contribution is 2.41. The van der Waals surface area contributed by atoms with Crippen LogP contribution in [-0.2, 0) is 10.5 Å². The predicted molar refractivity (Wildman–Crippen MR) is 103 cm³/mol. The molecular weight excluding hydrogens is 366 g/mol. The van der Waals surface area contributed by atoms with E-state index in [-0.39, 0.29) is 17.1 Å². The van der Waals surface area contributed by atoms with Gasteiger partial charge in [0.1, 0.15) is 18.3 Å². The van der Waals surface area contributed by atoms with Crippen LogP contribution in [0.15, 0.2) is 11.1 Å². The molecule has 0 unspecified atom stereocenters. The van der Waals surface area contributed by atoms with Crippen LogP contribution in [0.1, 0.15) is 51.9 Å². The molecule has 0 aromatic carbocycles. The molecule has 3 heterocycles. The van der Waals surface area contributed by atoms with Gasteiger partial charge in [0.05, 0.1) is 12.9 Å². The predicted octanol–water partition coefficient (Wildman–Crippen LogP) is 0.218. The first kappa shape index (κ1) is 20.7. The number of rotatable bonds is 9. The molecule has 0 bridgehead atoms. The van der Waals surface area contributed by atoms with Crippen molar-refractivity contribution in [2.45, 2.75) is 75.9 Å². The molecule has 1 fully saturated rings. The highest BCUT2D eigenvalue weighted by atomic mass is 16.6. The molecule has 0 aliphatic carbocycles. The van der Waals surface area contributed by atoms with Gasteiger partial charge in [-0.1, -0.05) is 39.0 Å². The molecule has 0 amide bonds. The van der Waals surface area contributed by atoms with Crippen molar-refractivity contribution in [3.05, 3.63) is 16.7 Å². The number of hydrogen-bond donors (Lipinski definition) is 5. The van der Waals surface area contributed by atoms with Crippen molar-refractivity contribution >= 4 is 17.1 Å². The molecule has 4 atom stereocenters. The van der Waals surface area contributed by atoms with E-state index in [9.17, 15) is 20.1 Å². The van der Waals surface area contributed by atoms with Crippen molar-refractivity contribution in [2.75, 3.05) is 12.3 Å². The van der Waals surface area contributed by atoms with E-state index < -0.39 is 36.2 Å². The lowest BCUT2D eigenvalue weighted by molar-refractivity contribution is -0.151. The Bertz CT molecular complexity index is 852. The van der Waals surface area contributed by atoms with Crippen LogP contribution in [0.5, 0.6) is 0 Å². The maximum atomic E-state index is 12.1. The molecule has 1 saturated heterocycles. The molecule has 1 aliphatic rings. The number of anilines is 1. The Balaban J connectivity index is 1.95. The number of aromatic nitrogens is 4. The molecule has 156 valence electrons. The summed E-state index contributed by atoms with van der Waals surface area (Å²) in [5.74, 6) is -0.0827. The molecular formula is C18H29N5O5. The molecule has 2 aromatic rings. The first-order chi connectivity index (χ1) is 13.4. The van der Waals surface area contributed by atoms with Crippen LogP contribution in [0, 0.1) is 0 Å². The number of ether oxygens (including phenoxy) is 1. The monoisotopic (exact) mass is 395 g/mol. The van der Waals surface area contributed by atoms with E-state index in [4.69, 9.17) is 10.5 Å². The van der Waals surface area contributed by atoms with Crippen molar-refractivity contribution < 1.29 is 20.1 Å². The van der Waals surface area contributed by atoms with Crippen LogP contribution in [0.3, 0.4) is 0 Å². The Morgan fingerprint density at radius 2 is 2.00 bits per heavy atom. The number of hydrogen-bond acceptors (Lipinski definition) is 8. The van der Waals surface area contributed by atoms with Gasteiger partial charge in [-0.15, -0.1) is 0 Å². The fraction of sp³-hybridized carbons (Fsp3) is 0.722. The van der Waals surface area contributed by atoms with Crippen LogP contribution in [0.2, 0.25) is 0 Å². The number of nitrogen functional groups attached to an aromatic ring is 1. The largest absolute Gasteiger partial charge is 0.394 e. The van der Waals surface area contributed by atoms with Gasteiger partial charge >= 0.3 is 0 Å². The van der Waals surface area contributed by atoms with Gasteiger partial charge in [0.15, 0.2) is 16.9 Å². The Hall–Kier alpha value is -2.01. The van der Waals surface area contributed by atoms with E-state index in [1.165, 1.54) is 17.3 Å². The molecule has 2 aromatic heterocycles. The zero-order chi connectivity index (χ0) is 20.3. The van der Waals surface area contributed by atoms with Gasteiger partial charge in [0.2, 0.25) is 5.95 Å². The van der Waals surface area contributed by atoms with E-state index >= 15 is 0 Å². The van der Waals surface area contributed by atoms with Crippen LogP contribution < -0.4 is 11.3 Å². The summed E-state index contributed by atoms with van der Waals surface area (Å²) < 4.78 is 7.42. The van der Waals surface area contributed by atoms with Gasteiger partial charge < -0.3 is 25.8 Å². The van der Waals surface area contributed by atoms with Gasteiger partial charge in [-0.3, -0.25) is 14.3 Å². The van der Waals surface area contributed by atoms with Crippen molar-refractivity contribution in [2.24, 2.45) is 0 Å². The van der Waals surface area contributed by atoms with Crippen LogP contribution in [0.4, 0.5) is 5.95 Å². The number of aromatic amines is 1. The smallest absolute Gasteiger partial charge is 0.280 e. The Morgan fingerprint density at radius 1 is 1.29 bits per heavy atom. The number of nitrogens with zero attached hydrogens (tertiary/aromatic N) is 3. The Kier molecular flexibility index (Phi) is 6.33.